The second-order valence-electron chi connectivity index (χ2n) is 7.32. The molecule has 28 heavy (non-hydrogen) atoms. The van der Waals surface area contributed by atoms with Crippen molar-refractivity contribution in [2.45, 2.75) is 44.9 Å². The number of nitrogens with zero attached hydrogens (tertiary/aromatic N) is 3. The van der Waals surface area contributed by atoms with Gasteiger partial charge >= 0.3 is 0 Å². The van der Waals surface area contributed by atoms with Crippen LogP contribution < -0.4 is 0 Å². The van der Waals surface area contributed by atoms with E-state index in [2.05, 4.69) is 11.9 Å². The Morgan fingerprint density at radius 2 is 2.11 bits per heavy atom. The van der Waals surface area contributed by atoms with Crippen molar-refractivity contribution in [3.05, 3.63) is 52.0 Å². The van der Waals surface area contributed by atoms with Gasteiger partial charge in [-0.15, -0.1) is 11.3 Å². The number of carbonyl (C=O) groups excluding carboxylic acids is 2. The van der Waals surface area contributed by atoms with E-state index >= 15 is 0 Å². The number of benzene rings is 1. The van der Waals surface area contributed by atoms with Crippen molar-refractivity contribution in [2.75, 3.05) is 19.7 Å². The molecule has 0 radical (unpaired) electrons. The fraction of sp³-hybridized carbons (Fsp3) is 0.476. The summed E-state index contributed by atoms with van der Waals surface area (Å²) in [6, 6.07) is 9.86. The predicted octanol–water partition coefficient (Wildman–Crippen LogP) is 2.74. The third kappa shape index (κ3) is 3.95. The molecule has 0 bridgehead atoms. The molecule has 0 aliphatic carbocycles. The number of aryl methyl sites for hydroxylation is 1. The first-order chi connectivity index (χ1) is 13.7. The molecule has 0 saturated carbocycles. The highest BCUT2D eigenvalue weighted by Gasteiger charge is 2.43. The second-order valence-corrected chi connectivity index (χ2v) is 8.26. The van der Waals surface area contributed by atoms with Crippen molar-refractivity contribution in [3.63, 3.8) is 0 Å². The van der Waals surface area contributed by atoms with Gasteiger partial charge in [-0.1, -0.05) is 37.3 Å². The Bertz CT molecular complexity index is 838. The first-order valence-electron chi connectivity index (χ1n) is 9.84. The molecular formula is C21H25N3O3S. The van der Waals surface area contributed by atoms with Gasteiger partial charge in [0.05, 0.1) is 30.2 Å². The Hall–Kier alpha value is -2.25. The highest BCUT2D eigenvalue weighted by atomic mass is 32.1. The standard InChI is InChI=1S/C21H25N3O3S/c1-2-6-19-22-16(14-28-19)21(26)23-12-17-18(13-23)27-10-9-20(25)24(17)11-15-7-4-3-5-8-15/h3-5,7-8,14,17-18H,2,6,9-13H2,1H3/t17-,18-/m0/s1. The third-order valence-corrected chi connectivity index (χ3v) is 6.23. The third-order valence-electron chi connectivity index (χ3n) is 5.32. The van der Waals surface area contributed by atoms with E-state index in [4.69, 9.17) is 4.74 Å². The molecule has 2 saturated heterocycles. The number of rotatable bonds is 5. The van der Waals surface area contributed by atoms with E-state index in [1.165, 1.54) is 11.3 Å². The van der Waals surface area contributed by atoms with Crippen LogP contribution in [0.15, 0.2) is 35.7 Å². The van der Waals surface area contributed by atoms with Crippen LogP contribution in [-0.4, -0.2) is 58.4 Å². The van der Waals surface area contributed by atoms with E-state index in [1.807, 2.05) is 40.6 Å². The van der Waals surface area contributed by atoms with Crippen LogP contribution in [0.2, 0.25) is 0 Å². The zero-order valence-corrected chi connectivity index (χ0v) is 16.9. The highest BCUT2D eigenvalue weighted by Crippen LogP contribution is 2.26. The van der Waals surface area contributed by atoms with E-state index in [9.17, 15) is 9.59 Å². The number of aromatic nitrogens is 1. The maximum Gasteiger partial charge on any atom is 0.273 e. The molecule has 2 aliphatic heterocycles. The predicted molar refractivity (Wildman–Crippen MR) is 107 cm³/mol. The molecular weight excluding hydrogens is 374 g/mol. The second kappa shape index (κ2) is 8.41. The van der Waals surface area contributed by atoms with Gasteiger partial charge in [0.2, 0.25) is 5.91 Å². The lowest BCUT2D eigenvalue weighted by atomic mass is 10.1. The van der Waals surface area contributed by atoms with Crippen LogP contribution in [0.1, 0.15) is 40.8 Å². The summed E-state index contributed by atoms with van der Waals surface area (Å²) in [5, 5.41) is 2.84. The van der Waals surface area contributed by atoms with Gasteiger partial charge in [0, 0.05) is 25.0 Å². The minimum Gasteiger partial charge on any atom is -0.374 e. The maximum absolute atomic E-state index is 13.0. The quantitative estimate of drug-likeness (QED) is 0.776. The van der Waals surface area contributed by atoms with Crippen LogP contribution in [0, 0.1) is 0 Å². The van der Waals surface area contributed by atoms with Crippen LogP contribution >= 0.6 is 11.3 Å². The highest BCUT2D eigenvalue weighted by molar-refractivity contribution is 7.09. The Morgan fingerprint density at radius 3 is 2.89 bits per heavy atom. The lowest BCUT2D eigenvalue weighted by Gasteiger charge is -2.29. The van der Waals surface area contributed by atoms with Crippen LogP contribution in [0.5, 0.6) is 0 Å². The maximum atomic E-state index is 13.0. The monoisotopic (exact) mass is 399 g/mol. The summed E-state index contributed by atoms with van der Waals surface area (Å²) >= 11 is 1.54. The zero-order valence-electron chi connectivity index (χ0n) is 16.0. The minimum absolute atomic E-state index is 0.0672. The Balaban J connectivity index is 1.50. The molecule has 2 fully saturated rings. The van der Waals surface area contributed by atoms with Crippen LogP contribution in [0.3, 0.4) is 0 Å². The van der Waals surface area contributed by atoms with Gasteiger partial charge in [-0.3, -0.25) is 9.59 Å². The van der Waals surface area contributed by atoms with Crippen molar-refractivity contribution in [1.29, 1.82) is 0 Å². The van der Waals surface area contributed by atoms with Crippen molar-refractivity contribution < 1.29 is 14.3 Å². The van der Waals surface area contributed by atoms with Crippen molar-refractivity contribution in [1.82, 2.24) is 14.8 Å². The molecule has 3 heterocycles. The number of hydrogen-bond acceptors (Lipinski definition) is 5. The topological polar surface area (TPSA) is 62.7 Å². The molecule has 2 atom stereocenters. The molecule has 0 N–H and O–H groups in total. The van der Waals surface area contributed by atoms with Gasteiger partial charge in [0.15, 0.2) is 0 Å². The average Bonchev–Trinajstić information content (AvgIpc) is 3.31. The summed E-state index contributed by atoms with van der Waals surface area (Å²) in [6.07, 6.45) is 2.15. The van der Waals surface area contributed by atoms with Gasteiger partial charge in [0.25, 0.3) is 5.91 Å². The Kier molecular flexibility index (Phi) is 5.73. The number of fused-ring (bicyclic) bond motifs is 1. The molecule has 0 unspecified atom stereocenters. The molecule has 2 aromatic rings. The summed E-state index contributed by atoms with van der Waals surface area (Å²) in [5.74, 6) is 0.0203. The Morgan fingerprint density at radius 1 is 1.29 bits per heavy atom. The summed E-state index contributed by atoms with van der Waals surface area (Å²) in [6.45, 7) is 4.05. The fourth-order valence-corrected chi connectivity index (χ4v) is 4.77. The lowest BCUT2D eigenvalue weighted by Crippen LogP contribution is -2.45. The smallest absolute Gasteiger partial charge is 0.273 e. The fourth-order valence-electron chi connectivity index (χ4n) is 3.90. The van der Waals surface area contributed by atoms with E-state index in [0.29, 0.717) is 38.4 Å². The molecule has 2 amide bonds. The van der Waals surface area contributed by atoms with E-state index in [1.54, 1.807) is 4.90 Å². The Labute approximate surface area is 169 Å². The molecule has 6 nitrogen and oxygen atoms in total. The number of likely N-dealkylation sites (tertiary alicyclic amines) is 1. The number of thiazole rings is 1. The zero-order chi connectivity index (χ0) is 19.5. The van der Waals surface area contributed by atoms with E-state index in [-0.39, 0.29) is 24.0 Å². The van der Waals surface area contributed by atoms with Crippen LogP contribution in [-0.2, 0) is 22.5 Å². The normalized spacial score (nSPS) is 22.2. The molecule has 4 rings (SSSR count). The van der Waals surface area contributed by atoms with E-state index in [0.717, 1.165) is 23.4 Å². The summed E-state index contributed by atoms with van der Waals surface area (Å²) < 4.78 is 5.95. The first kappa shape index (κ1) is 19.1. The van der Waals surface area contributed by atoms with Gasteiger partial charge in [0.1, 0.15) is 5.69 Å². The molecule has 1 aromatic carbocycles. The summed E-state index contributed by atoms with van der Waals surface area (Å²) in [4.78, 5) is 33.8. The molecule has 2 aliphatic rings. The summed E-state index contributed by atoms with van der Waals surface area (Å²) in [7, 11) is 0. The lowest BCUT2D eigenvalue weighted by molar-refractivity contribution is -0.133. The van der Waals surface area contributed by atoms with Gasteiger partial charge in [-0.2, -0.15) is 0 Å². The van der Waals surface area contributed by atoms with Gasteiger partial charge in [-0.05, 0) is 18.4 Å². The first-order valence-corrected chi connectivity index (χ1v) is 10.7. The van der Waals surface area contributed by atoms with Crippen molar-refractivity contribution >= 4 is 23.2 Å². The largest absolute Gasteiger partial charge is 0.374 e. The van der Waals surface area contributed by atoms with Crippen LogP contribution in [0.4, 0.5) is 0 Å². The minimum atomic E-state index is -0.145. The van der Waals surface area contributed by atoms with Gasteiger partial charge < -0.3 is 14.5 Å². The molecule has 0 spiro atoms. The molecule has 148 valence electrons. The number of amides is 2. The van der Waals surface area contributed by atoms with E-state index < -0.39 is 0 Å². The number of hydrogen-bond donors (Lipinski definition) is 0. The SMILES string of the molecule is CCCc1nc(C(=O)N2C[C@@H]3OCCC(=O)N(Cc4ccccc4)[C@H]3C2)cs1. The van der Waals surface area contributed by atoms with Crippen LogP contribution in [0.25, 0.3) is 0 Å². The van der Waals surface area contributed by atoms with Gasteiger partial charge in [-0.25, -0.2) is 4.98 Å². The van der Waals surface area contributed by atoms with Crippen molar-refractivity contribution in [2.24, 2.45) is 0 Å². The molecule has 1 aromatic heterocycles. The molecule has 7 heteroatoms. The summed E-state index contributed by atoms with van der Waals surface area (Å²) in [5.41, 5.74) is 1.59. The van der Waals surface area contributed by atoms with Crippen molar-refractivity contribution in [3.8, 4) is 0 Å². The average molecular weight is 400 g/mol. The number of ether oxygens (including phenoxy) is 1. The number of carbonyl (C=O) groups is 2.